The third kappa shape index (κ3) is 3.22. The van der Waals surface area contributed by atoms with Crippen LogP contribution < -0.4 is 10.6 Å². The highest BCUT2D eigenvalue weighted by Crippen LogP contribution is 2.28. The van der Waals surface area contributed by atoms with Gasteiger partial charge in [-0.1, -0.05) is 18.2 Å². The summed E-state index contributed by atoms with van der Waals surface area (Å²) in [6.45, 7) is 0.702. The van der Waals surface area contributed by atoms with Crippen molar-refractivity contribution in [1.82, 2.24) is 4.90 Å². The van der Waals surface area contributed by atoms with Crippen LogP contribution in [0.25, 0.3) is 0 Å². The number of amides is 1. The highest BCUT2D eigenvalue weighted by molar-refractivity contribution is 6.06. The van der Waals surface area contributed by atoms with Gasteiger partial charge in [-0.05, 0) is 62.8 Å². The van der Waals surface area contributed by atoms with E-state index in [1.807, 2.05) is 23.1 Å². The Hall–Kier alpha value is -2.33. The summed E-state index contributed by atoms with van der Waals surface area (Å²) in [6, 6.07) is 15.7. The lowest BCUT2D eigenvalue weighted by Crippen LogP contribution is -2.42. The van der Waals surface area contributed by atoms with Crippen LogP contribution >= 0.6 is 0 Å². The third-order valence-electron chi connectivity index (χ3n) is 4.56. The maximum Gasteiger partial charge on any atom is 0.258 e. The summed E-state index contributed by atoms with van der Waals surface area (Å²) in [5, 5.41) is 0. The number of nitrogen functional groups attached to an aromatic ring is 1. The Morgan fingerprint density at radius 3 is 2.52 bits per heavy atom. The number of nitrogens with zero attached hydrogens (tertiary/aromatic N) is 2. The first kappa shape index (κ1) is 15.6. The van der Waals surface area contributed by atoms with Crippen LogP contribution in [0.1, 0.15) is 22.3 Å². The monoisotopic (exact) mass is 309 g/mol. The first-order chi connectivity index (χ1) is 11.1. The second kappa shape index (κ2) is 6.42. The summed E-state index contributed by atoms with van der Waals surface area (Å²) >= 11 is 0. The zero-order valence-corrected chi connectivity index (χ0v) is 13.7. The molecule has 0 aliphatic carbocycles. The summed E-state index contributed by atoms with van der Waals surface area (Å²) in [7, 11) is 4.15. The molecule has 2 aromatic rings. The molecule has 4 heteroatoms. The number of carbonyl (C=O) groups is 1. The molecule has 0 saturated carbocycles. The van der Waals surface area contributed by atoms with Crippen LogP contribution in [0.5, 0.6) is 0 Å². The lowest BCUT2D eigenvalue weighted by molar-refractivity contribution is 0.0980. The Balaban J connectivity index is 1.99. The molecule has 2 aromatic carbocycles. The van der Waals surface area contributed by atoms with Gasteiger partial charge in [0.15, 0.2) is 0 Å². The van der Waals surface area contributed by atoms with Crippen molar-refractivity contribution < 1.29 is 4.79 Å². The third-order valence-corrected chi connectivity index (χ3v) is 4.56. The van der Waals surface area contributed by atoms with E-state index in [1.54, 1.807) is 24.3 Å². The quantitative estimate of drug-likeness (QED) is 0.868. The number of nitrogens with two attached hydrogens (primary N) is 1. The van der Waals surface area contributed by atoms with Gasteiger partial charge in [0.2, 0.25) is 0 Å². The minimum Gasteiger partial charge on any atom is -0.399 e. The van der Waals surface area contributed by atoms with Crippen LogP contribution in [0.15, 0.2) is 48.5 Å². The number of hydrogen-bond donors (Lipinski definition) is 1. The molecule has 0 saturated heterocycles. The molecule has 1 atom stereocenters. The van der Waals surface area contributed by atoms with Crippen molar-refractivity contribution in [2.45, 2.75) is 18.9 Å². The van der Waals surface area contributed by atoms with E-state index in [0.717, 1.165) is 18.5 Å². The molecule has 1 heterocycles. The summed E-state index contributed by atoms with van der Waals surface area (Å²) in [4.78, 5) is 17.2. The minimum absolute atomic E-state index is 0.0335. The van der Waals surface area contributed by atoms with E-state index in [0.29, 0.717) is 23.8 Å². The molecular weight excluding hydrogens is 286 g/mol. The predicted molar refractivity (Wildman–Crippen MR) is 94.8 cm³/mol. The van der Waals surface area contributed by atoms with Gasteiger partial charge in [-0.15, -0.1) is 0 Å². The minimum atomic E-state index is 0.0335. The van der Waals surface area contributed by atoms with Gasteiger partial charge >= 0.3 is 0 Å². The average molecular weight is 309 g/mol. The van der Waals surface area contributed by atoms with Crippen molar-refractivity contribution in [3.05, 3.63) is 59.7 Å². The highest BCUT2D eigenvalue weighted by atomic mass is 16.2. The lowest BCUT2D eigenvalue weighted by atomic mass is 10.1. The zero-order chi connectivity index (χ0) is 16.4. The highest BCUT2D eigenvalue weighted by Gasteiger charge is 2.27. The largest absolute Gasteiger partial charge is 0.399 e. The standard InChI is InChI=1S/C19H23N3O/c1-21(2)17-12-9-14-5-3-4-6-18(14)22(13-17)19(23)15-7-10-16(20)11-8-15/h3-8,10-11,17H,9,12-13,20H2,1-2H3. The Kier molecular flexibility index (Phi) is 4.35. The number of benzene rings is 2. The first-order valence-corrected chi connectivity index (χ1v) is 7.98. The summed E-state index contributed by atoms with van der Waals surface area (Å²) in [6.07, 6.45) is 2.04. The number of rotatable bonds is 2. The van der Waals surface area contributed by atoms with Crippen LogP contribution in [0.3, 0.4) is 0 Å². The SMILES string of the molecule is CN(C)C1CCc2ccccc2N(C(=O)c2ccc(N)cc2)C1. The van der Waals surface area contributed by atoms with Crippen molar-refractivity contribution >= 4 is 17.3 Å². The van der Waals surface area contributed by atoms with Gasteiger partial charge in [-0.2, -0.15) is 0 Å². The number of carbonyl (C=O) groups excluding carboxylic acids is 1. The molecule has 1 aliphatic heterocycles. The molecule has 0 spiro atoms. The molecular formula is C19H23N3O. The number of anilines is 2. The molecule has 1 unspecified atom stereocenters. The van der Waals surface area contributed by atoms with Crippen molar-refractivity contribution in [1.29, 1.82) is 0 Å². The van der Waals surface area contributed by atoms with Gasteiger partial charge < -0.3 is 15.5 Å². The van der Waals surface area contributed by atoms with E-state index >= 15 is 0 Å². The predicted octanol–water partition coefficient (Wildman–Crippen LogP) is 2.79. The fourth-order valence-corrected chi connectivity index (χ4v) is 3.10. The molecule has 4 nitrogen and oxygen atoms in total. The maximum atomic E-state index is 13.1. The summed E-state index contributed by atoms with van der Waals surface area (Å²) in [5.41, 5.74) is 9.35. The van der Waals surface area contributed by atoms with Crippen LogP contribution in [-0.4, -0.2) is 37.5 Å². The topological polar surface area (TPSA) is 49.6 Å². The van der Waals surface area contributed by atoms with E-state index in [-0.39, 0.29) is 5.91 Å². The molecule has 120 valence electrons. The molecule has 23 heavy (non-hydrogen) atoms. The molecule has 0 fully saturated rings. The number of likely N-dealkylation sites (N-methyl/N-ethyl adjacent to an activating group) is 1. The summed E-state index contributed by atoms with van der Waals surface area (Å²) < 4.78 is 0. The van der Waals surface area contributed by atoms with Crippen LogP contribution in [0.4, 0.5) is 11.4 Å². The van der Waals surface area contributed by atoms with E-state index in [1.165, 1.54) is 5.56 Å². The van der Waals surface area contributed by atoms with Crippen molar-refractivity contribution in [2.24, 2.45) is 0 Å². The first-order valence-electron chi connectivity index (χ1n) is 7.98. The van der Waals surface area contributed by atoms with Gasteiger partial charge in [0, 0.05) is 29.5 Å². The fraction of sp³-hybridized carbons (Fsp3) is 0.316. The molecule has 0 aromatic heterocycles. The lowest BCUT2D eigenvalue weighted by Gasteiger charge is -2.29. The van der Waals surface area contributed by atoms with E-state index in [4.69, 9.17) is 5.73 Å². The number of para-hydroxylation sites is 1. The number of fused-ring (bicyclic) bond motifs is 1. The van der Waals surface area contributed by atoms with Crippen LogP contribution in [0.2, 0.25) is 0 Å². The Bertz CT molecular complexity index is 694. The smallest absolute Gasteiger partial charge is 0.258 e. The normalized spacial score (nSPS) is 17.7. The second-order valence-corrected chi connectivity index (χ2v) is 6.32. The van der Waals surface area contributed by atoms with Crippen molar-refractivity contribution in [2.75, 3.05) is 31.3 Å². The van der Waals surface area contributed by atoms with Crippen molar-refractivity contribution in [3.8, 4) is 0 Å². The van der Waals surface area contributed by atoms with E-state index in [2.05, 4.69) is 25.1 Å². The molecule has 2 N–H and O–H groups in total. The number of hydrogen-bond acceptors (Lipinski definition) is 3. The molecule has 1 amide bonds. The molecule has 0 radical (unpaired) electrons. The van der Waals surface area contributed by atoms with Gasteiger partial charge in [-0.3, -0.25) is 4.79 Å². The van der Waals surface area contributed by atoms with Crippen molar-refractivity contribution in [3.63, 3.8) is 0 Å². The fourth-order valence-electron chi connectivity index (χ4n) is 3.10. The van der Waals surface area contributed by atoms with E-state index < -0.39 is 0 Å². The molecule has 3 rings (SSSR count). The van der Waals surface area contributed by atoms with Gasteiger partial charge in [0.05, 0.1) is 0 Å². The van der Waals surface area contributed by atoms with Gasteiger partial charge in [0.1, 0.15) is 0 Å². The van der Waals surface area contributed by atoms with Gasteiger partial charge in [0.25, 0.3) is 5.91 Å². The van der Waals surface area contributed by atoms with E-state index in [9.17, 15) is 4.79 Å². The number of aryl methyl sites for hydroxylation is 1. The van der Waals surface area contributed by atoms with Crippen LogP contribution in [-0.2, 0) is 6.42 Å². The Labute approximate surface area is 137 Å². The van der Waals surface area contributed by atoms with Crippen LogP contribution in [0, 0.1) is 0 Å². The molecule has 0 bridgehead atoms. The second-order valence-electron chi connectivity index (χ2n) is 6.32. The molecule has 1 aliphatic rings. The Morgan fingerprint density at radius 1 is 1.13 bits per heavy atom. The average Bonchev–Trinajstić information content (AvgIpc) is 2.75. The van der Waals surface area contributed by atoms with Gasteiger partial charge in [-0.25, -0.2) is 0 Å². The summed E-state index contributed by atoms with van der Waals surface area (Å²) in [5.74, 6) is 0.0335. The maximum absolute atomic E-state index is 13.1. The Morgan fingerprint density at radius 2 is 1.83 bits per heavy atom. The zero-order valence-electron chi connectivity index (χ0n) is 13.7.